The van der Waals surface area contributed by atoms with Crippen LogP contribution in [0.5, 0.6) is 5.75 Å². The van der Waals surface area contributed by atoms with Crippen molar-refractivity contribution in [1.29, 1.82) is 0 Å². The highest BCUT2D eigenvalue weighted by Gasteiger charge is 2.28. The van der Waals surface area contributed by atoms with Crippen LogP contribution in [-0.4, -0.2) is 39.4 Å². The predicted octanol–water partition coefficient (Wildman–Crippen LogP) is 3.36. The molecular weight excluding hydrogens is 388 g/mol. The fraction of sp³-hybridized carbons (Fsp3) is 0.409. The molecule has 2 aromatic carbocycles. The Balaban J connectivity index is 2.19. The SMILES string of the molecule is COc1cccc(CN(C)C(=O)[C@H](CC(C)C)NS(=O)(=O)c2ccc(C)cc2)c1. The molecule has 1 amide bonds. The lowest BCUT2D eigenvalue weighted by molar-refractivity contribution is -0.132. The summed E-state index contributed by atoms with van der Waals surface area (Å²) >= 11 is 0. The third-order valence-corrected chi connectivity index (χ3v) is 6.05. The van der Waals surface area contributed by atoms with E-state index in [-0.39, 0.29) is 16.7 Å². The summed E-state index contributed by atoms with van der Waals surface area (Å²) in [7, 11) is -0.536. The highest BCUT2D eigenvalue weighted by molar-refractivity contribution is 7.89. The summed E-state index contributed by atoms with van der Waals surface area (Å²) in [5.41, 5.74) is 1.88. The Morgan fingerprint density at radius 3 is 2.38 bits per heavy atom. The van der Waals surface area contributed by atoms with Crippen molar-refractivity contribution in [2.75, 3.05) is 14.2 Å². The number of benzene rings is 2. The highest BCUT2D eigenvalue weighted by Crippen LogP contribution is 2.17. The first-order valence-corrected chi connectivity index (χ1v) is 11.1. The molecule has 0 spiro atoms. The maximum absolute atomic E-state index is 13.1. The highest BCUT2D eigenvalue weighted by atomic mass is 32.2. The Morgan fingerprint density at radius 1 is 1.14 bits per heavy atom. The average Bonchev–Trinajstić information content (AvgIpc) is 2.66. The van der Waals surface area contributed by atoms with Crippen LogP contribution in [0.4, 0.5) is 0 Å². The third kappa shape index (κ3) is 6.58. The van der Waals surface area contributed by atoms with E-state index >= 15 is 0 Å². The number of nitrogens with zero attached hydrogens (tertiary/aromatic N) is 1. The topological polar surface area (TPSA) is 75.7 Å². The van der Waals surface area contributed by atoms with Crippen molar-refractivity contribution in [3.63, 3.8) is 0 Å². The molecule has 2 rings (SSSR count). The number of nitrogens with one attached hydrogen (secondary N) is 1. The molecule has 0 aromatic heterocycles. The number of hydrogen-bond acceptors (Lipinski definition) is 4. The molecule has 0 aliphatic heterocycles. The number of ether oxygens (including phenoxy) is 1. The molecule has 7 heteroatoms. The van der Waals surface area contributed by atoms with Crippen molar-refractivity contribution < 1.29 is 17.9 Å². The van der Waals surface area contributed by atoms with Crippen LogP contribution in [0.2, 0.25) is 0 Å². The molecule has 0 aliphatic carbocycles. The average molecular weight is 419 g/mol. The first-order valence-electron chi connectivity index (χ1n) is 9.59. The molecule has 0 aliphatic rings. The lowest BCUT2D eigenvalue weighted by Gasteiger charge is -2.26. The van der Waals surface area contributed by atoms with Gasteiger partial charge in [0.05, 0.1) is 12.0 Å². The summed E-state index contributed by atoms with van der Waals surface area (Å²) in [4.78, 5) is 14.8. The van der Waals surface area contributed by atoms with Crippen molar-refractivity contribution in [3.8, 4) is 5.75 Å². The summed E-state index contributed by atoms with van der Waals surface area (Å²) < 4.78 is 33.4. The van der Waals surface area contributed by atoms with Gasteiger partial charge in [0.1, 0.15) is 11.8 Å². The summed E-state index contributed by atoms with van der Waals surface area (Å²) in [6.45, 7) is 6.17. The van der Waals surface area contributed by atoms with Crippen molar-refractivity contribution >= 4 is 15.9 Å². The van der Waals surface area contributed by atoms with E-state index in [0.717, 1.165) is 11.1 Å². The van der Waals surface area contributed by atoms with Crippen molar-refractivity contribution in [3.05, 3.63) is 59.7 Å². The second-order valence-corrected chi connectivity index (χ2v) is 9.38. The Bertz CT molecular complexity index is 924. The van der Waals surface area contributed by atoms with Gasteiger partial charge in [-0.3, -0.25) is 4.79 Å². The summed E-state index contributed by atoms with van der Waals surface area (Å²) in [6.07, 6.45) is 0.409. The van der Waals surface area contributed by atoms with E-state index in [9.17, 15) is 13.2 Å². The minimum Gasteiger partial charge on any atom is -0.497 e. The molecule has 0 fully saturated rings. The molecule has 1 atom stereocenters. The maximum Gasteiger partial charge on any atom is 0.241 e. The van der Waals surface area contributed by atoms with Gasteiger partial charge in [-0.25, -0.2) is 8.42 Å². The largest absolute Gasteiger partial charge is 0.497 e. The number of carbonyl (C=O) groups is 1. The van der Waals surface area contributed by atoms with E-state index in [4.69, 9.17) is 4.74 Å². The van der Waals surface area contributed by atoms with Crippen LogP contribution in [0.3, 0.4) is 0 Å². The lowest BCUT2D eigenvalue weighted by atomic mass is 10.0. The summed E-state index contributed by atoms with van der Waals surface area (Å²) in [6, 6.07) is 13.2. The quantitative estimate of drug-likeness (QED) is 0.678. The predicted molar refractivity (Wildman–Crippen MR) is 114 cm³/mol. The zero-order chi connectivity index (χ0) is 21.6. The van der Waals surface area contributed by atoms with Crippen molar-refractivity contribution in [1.82, 2.24) is 9.62 Å². The van der Waals surface area contributed by atoms with Gasteiger partial charge in [-0.1, -0.05) is 43.7 Å². The molecule has 0 heterocycles. The minimum atomic E-state index is -3.80. The fourth-order valence-corrected chi connectivity index (χ4v) is 4.23. The van der Waals surface area contributed by atoms with Crippen LogP contribution in [0.25, 0.3) is 0 Å². The van der Waals surface area contributed by atoms with Gasteiger partial charge in [0.25, 0.3) is 0 Å². The van der Waals surface area contributed by atoms with Crippen LogP contribution < -0.4 is 9.46 Å². The lowest BCUT2D eigenvalue weighted by Crippen LogP contribution is -2.47. The van der Waals surface area contributed by atoms with Gasteiger partial charge in [-0.2, -0.15) is 4.72 Å². The van der Waals surface area contributed by atoms with Crippen LogP contribution in [0.1, 0.15) is 31.4 Å². The van der Waals surface area contributed by atoms with E-state index in [0.29, 0.717) is 18.7 Å². The van der Waals surface area contributed by atoms with Gasteiger partial charge in [0, 0.05) is 13.6 Å². The first kappa shape index (κ1) is 22.9. The molecule has 0 saturated carbocycles. The molecule has 0 saturated heterocycles. The number of carbonyl (C=O) groups excluding carboxylic acids is 1. The Morgan fingerprint density at radius 2 is 1.79 bits per heavy atom. The maximum atomic E-state index is 13.1. The van der Waals surface area contributed by atoms with E-state index in [2.05, 4.69) is 4.72 Å². The van der Waals surface area contributed by atoms with E-state index in [1.54, 1.807) is 43.3 Å². The number of methoxy groups -OCH3 is 1. The van der Waals surface area contributed by atoms with Gasteiger partial charge in [-0.15, -0.1) is 0 Å². The van der Waals surface area contributed by atoms with E-state index < -0.39 is 16.1 Å². The van der Waals surface area contributed by atoms with Crippen LogP contribution in [0, 0.1) is 12.8 Å². The second-order valence-electron chi connectivity index (χ2n) is 7.66. The normalized spacial score (nSPS) is 12.6. The van der Waals surface area contributed by atoms with E-state index in [1.807, 2.05) is 45.0 Å². The number of amides is 1. The number of aryl methyl sites for hydroxylation is 1. The zero-order valence-corrected chi connectivity index (χ0v) is 18.5. The smallest absolute Gasteiger partial charge is 0.241 e. The number of sulfonamides is 1. The number of hydrogen-bond donors (Lipinski definition) is 1. The molecule has 1 N–H and O–H groups in total. The van der Waals surface area contributed by atoms with Crippen LogP contribution in [0.15, 0.2) is 53.4 Å². The second kappa shape index (κ2) is 9.89. The zero-order valence-electron chi connectivity index (χ0n) is 17.7. The number of rotatable bonds is 9. The minimum absolute atomic E-state index is 0.148. The molecular formula is C22H30N2O4S. The molecule has 0 radical (unpaired) electrons. The molecule has 2 aromatic rings. The van der Waals surface area contributed by atoms with Gasteiger partial charge in [0.15, 0.2) is 0 Å². The Hall–Kier alpha value is -2.38. The molecule has 0 unspecified atom stereocenters. The molecule has 0 bridgehead atoms. The van der Waals surface area contributed by atoms with Gasteiger partial charge >= 0.3 is 0 Å². The van der Waals surface area contributed by atoms with Crippen molar-refractivity contribution in [2.45, 2.75) is 44.7 Å². The van der Waals surface area contributed by atoms with E-state index in [1.165, 1.54) is 0 Å². The molecule has 29 heavy (non-hydrogen) atoms. The molecule has 6 nitrogen and oxygen atoms in total. The van der Waals surface area contributed by atoms with Gasteiger partial charge in [0.2, 0.25) is 15.9 Å². The summed E-state index contributed by atoms with van der Waals surface area (Å²) in [5.74, 6) is 0.592. The fourth-order valence-electron chi connectivity index (χ4n) is 3.03. The Kier molecular flexibility index (Phi) is 7.81. The van der Waals surface area contributed by atoms with Crippen molar-refractivity contribution in [2.24, 2.45) is 5.92 Å². The Labute approximate surface area is 173 Å². The molecule has 158 valence electrons. The number of likely N-dealkylation sites (N-methyl/N-ethyl adjacent to an activating group) is 1. The van der Waals surface area contributed by atoms with Gasteiger partial charge < -0.3 is 9.64 Å². The standard InChI is InChI=1S/C22H30N2O4S/c1-16(2)13-21(23-29(26,27)20-11-9-17(3)10-12-20)22(25)24(4)15-18-7-6-8-19(14-18)28-5/h6-12,14,16,21,23H,13,15H2,1-5H3/t21-/m0/s1. The monoisotopic (exact) mass is 418 g/mol. The van der Waals surface area contributed by atoms with Crippen LogP contribution >= 0.6 is 0 Å². The van der Waals surface area contributed by atoms with Gasteiger partial charge in [-0.05, 0) is 49.1 Å². The van der Waals surface area contributed by atoms with Crippen LogP contribution in [-0.2, 0) is 21.4 Å². The first-order chi connectivity index (χ1) is 13.6. The summed E-state index contributed by atoms with van der Waals surface area (Å²) in [5, 5.41) is 0. The third-order valence-electron chi connectivity index (χ3n) is 4.56.